The highest BCUT2D eigenvalue weighted by Crippen LogP contribution is 2.30. The van der Waals surface area contributed by atoms with Gasteiger partial charge in [-0.3, -0.25) is 4.90 Å². The van der Waals surface area contributed by atoms with Crippen LogP contribution < -0.4 is 4.72 Å². The molecule has 1 N–H and O–H groups in total. The van der Waals surface area contributed by atoms with Crippen LogP contribution in [0.1, 0.15) is 85.0 Å². The van der Waals surface area contributed by atoms with Crippen molar-refractivity contribution in [1.82, 2.24) is 9.62 Å². The van der Waals surface area contributed by atoms with Crippen LogP contribution in [0.4, 0.5) is 0 Å². The molecule has 1 aliphatic carbocycles. The average Bonchev–Trinajstić information content (AvgIpc) is 2.88. The number of allylic oxidation sites excluding steroid dienone is 5. The van der Waals surface area contributed by atoms with Gasteiger partial charge in [0.15, 0.2) is 0 Å². The average molecular weight is 499 g/mol. The van der Waals surface area contributed by atoms with E-state index in [1.165, 1.54) is 62.8 Å². The quantitative estimate of drug-likeness (QED) is 0.0871. The van der Waals surface area contributed by atoms with Crippen LogP contribution in [0.25, 0.3) is 0 Å². The second-order valence-corrected chi connectivity index (χ2v) is 9.82. The second-order valence-electron chi connectivity index (χ2n) is 8.19. The van der Waals surface area contributed by atoms with Crippen molar-refractivity contribution in [2.24, 2.45) is 0 Å². The van der Waals surface area contributed by atoms with E-state index in [4.69, 9.17) is 6.42 Å². The number of hydrogen-bond donors (Lipinski definition) is 2. The van der Waals surface area contributed by atoms with Crippen molar-refractivity contribution in [2.45, 2.75) is 91.0 Å². The summed E-state index contributed by atoms with van der Waals surface area (Å²) >= 11 is 6.32. The molecule has 4 heteroatoms. The number of nitrogens with one attached hydrogen (secondary N) is 1. The first-order valence-electron chi connectivity index (χ1n) is 12.7. The molecule has 1 aliphatic heterocycles. The van der Waals surface area contributed by atoms with Gasteiger partial charge in [-0.1, -0.05) is 88.5 Å². The molecule has 1 atom stereocenters. The molecule has 34 heavy (non-hydrogen) atoms. The van der Waals surface area contributed by atoms with E-state index in [9.17, 15) is 0 Å². The van der Waals surface area contributed by atoms with Crippen molar-refractivity contribution < 1.29 is 0 Å². The molecule has 2 rings (SSSR count). The number of unbranched alkanes of at least 4 members (excludes halogenated alkanes) is 6. The lowest BCUT2D eigenvalue weighted by Crippen LogP contribution is -2.42. The van der Waals surface area contributed by atoms with E-state index in [0.717, 1.165) is 30.0 Å². The van der Waals surface area contributed by atoms with Crippen LogP contribution in [0.15, 0.2) is 58.0 Å². The zero-order chi connectivity index (χ0) is 25.4. The zero-order valence-electron chi connectivity index (χ0n) is 21.6. The number of nitrogens with zero attached hydrogens (tertiary/aromatic N) is 1. The van der Waals surface area contributed by atoms with Gasteiger partial charge in [0.05, 0.1) is 10.3 Å². The van der Waals surface area contributed by atoms with Gasteiger partial charge >= 0.3 is 0 Å². The topological polar surface area (TPSA) is 15.3 Å². The fourth-order valence-electron chi connectivity index (χ4n) is 3.70. The molecule has 0 bridgehead atoms. The molecule has 0 amide bonds. The summed E-state index contributed by atoms with van der Waals surface area (Å²) in [4.78, 5) is 2.61. The highest BCUT2D eigenvalue weighted by molar-refractivity contribution is 8.14. The van der Waals surface area contributed by atoms with E-state index < -0.39 is 0 Å². The Morgan fingerprint density at radius 2 is 1.91 bits per heavy atom. The van der Waals surface area contributed by atoms with E-state index >= 15 is 0 Å². The van der Waals surface area contributed by atoms with Crippen molar-refractivity contribution in [3.8, 4) is 25.2 Å². The predicted octanol–water partition coefficient (Wildman–Crippen LogP) is 8.45. The van der Waals surface area contributed by atoms with Crippen LogP contribution in [-0.2, 0) is 0 Å². The van der Waals surface area contributed by atoms with Crippen LogP contribution >= 0.6 is 24.6 Å². The van der Waals surface area contributed by atoms with E-state index in [1.54, 1.807) is 11.9 Å². The predicted molar refractivity (Wildman–Crippen MR) is 160 cm³/mol. The first kappa shape index (κ1) is 32.3. The lowest BCUT2D eigenvalue weighted by molar-refractivity contribution is 0.237. The standard InChI is InChI=1S/C22H36N2S2.C6H8.C2H2/c1-3-5-7-8-9-10-15-22(25)26-23-20-16-18-24(17-6-4-2)21-14-12-11-13-19(20)21;1-3-5-6-4-2;1-2/h11-15,21,23,25H,3-10,16-18H2,1-2H3;1,4,6H,5H2,2H3;1-2H/b22-15-;6-4-;. The molecule has 0 radical (unpaired) electrons. The first-order chi connectivity index (χ1) is 16.7. The van der Waals surface area contributed by atoms with Crippen LogP contribution in [-0.4, -0.2) is 24.0 Å². The molecule has 2 aliphatic rings. The summed E-state index contributed by atoms with van der Waals surface area (Å²) in [6.45, 7) is 8.82. The Bertz CT molecular complexity index is 735. The number of rotatable bonds is 13. The van der Waals surface area contributed by atoms with Gasteiger partial charge in [-0.15, -0.1) is 37.8 Å². The minimum absolute atomic E-state index is 0.439. The number of thiol groups is 1. The van der Waals surface area contributed by atoms with Gasteiger partial charge in [0.25, 0.3) is 0 Å². The molecule has 1 heterocycles. The Kier molecular flexibility index (Phi) is 21.9. The molecule has 1 unspecified atom stereocenters. The summed E-state index contributed by atoms with van der Waals surface area (Å²) in [5.74, 6) is 2.48. The molecule has 0 aromatic carbocycles. The second kappa shape index (κ2) is 23.0. The van der Waals surface area contributed by atoms with Gasteiger partial charge in [-0.05, 0) is 50.3 Å². The molecule has 2 nitrogen and oxygen atoms in total. The summed E-state index contributed by atoms with van der Waals surface area (Å²) in [5, 5.41) is 0. The van der Waals surface area contributed by atoms with Gasteiger partial charge in [0.1, 0.15) is 0 Å². The van der Waals surface area contributed by atoms with Crippen molar-refractivity contribution in [2.75, 3.05) is 13.1 Å². The van der Waals surface area contributed by atoms with Crippen molar-refractivity contribution in [3.05, 3.63) is 58.0 Å². The van der Waals surface area contributed by atoms with E-state index in [0.29, 0.717) is 6.04 Å². The van der Waals surface area contributed by atoms with Crippen LogP contribution in [0.2, 0.25) is 0 Å². The Labute approximate surface area is 221 Å². The Balaban J connectivity index is 0.00000118. The van der Waals surface area contributed by atoms with Gasteiger partial charge < -0.3 is 4.72 Å². The fourth-order valence-corrected chi connectivity index (χ4v) is 4.62. The van der Waals surface area contributed by atoms with Gasteiger partial charge in [0, 0.05) is 25.1 Å². The van der Waals surface area contributed by atoms with Crippen LogP contribution in [0.5, 0.6) is 0 Å². The van der Waals surface area contributed by atoms with Crippen LogP contribution in [0, 0.1) is 25.2 Å². The maximum Gasteiger partial charge on any atom is 0.0552 e. The maximum atomic E-state index is 4.91. The lowest BCUT2D eigenvalue weighted by Gasteiger charge is -2.37. The highest BCUT2D eigenvalue weighted by Gasteiger charge is 2.27. The first-order valence-corrected chi connectivity index (χ1v) is 14.0. The number of terminal acetylenes is 2. The minimum atomic E-state index is 0.439. The summed E-state index contributed by atoms with van der Waals surface area (Å²) in [7, 11) is 0. The Morgan fingerprint density at radius 3 is 2.56 bits per heavy atom. The zero-order valence-corrected chi connectivity index (χ0v) is 23.3. The van der Waals surface area contributed by atoms with Gasteiger partial charge in [-0.25, -0.2) is 0 Å². The molecule has 0 spiro atoms. The van der Waals surface area contributed by atoms with Gasteiger partial charge in [0.2, 0.25) is 0 Å². The van der Waals surface area contributed by atoms with E-state index in [2.05, 4.69) is 85.2 Å². The SMILES string of the molecule is C#C.C#CC/C=C\C.CCCCCCC/C=C(/S)SNC1=C2C=CC=CC2N(CCCC)CC1. The van der Waals surface area contributed by atoms with Gasteiger partial charge in [-0.2, -0.15) is 0 Å². The number of hydrogen-bond acceptors (Lipinski definition) is 4. The molecule has 0 saturated heterocycles. The van der Waals surface area contributed by atoms with E-state index in [1.807, 2.05) is 19.1 Å². The summed E-state index contributed by atoms with van der Waals surface area (Å²) in [5.41, 5.74) is 2.80. The molecule has 0 aromatic rings. The molecular weight excluding hydrogens is 452 g/mol. The third kappa shape index (κ3) is 14.5. The van der Waals surface area contributed by atoms with Crippen LogP contribution in [0.3, 0.4) is 0 Å². The smallest absolute Gasteiger partial charge is 0.0552 e. The largest absolute Gasteiger partial charge is 0.329 e. The Morgan fingerprint density at radius 1 is 1.18 bits per heavy atom. The third-order valence-electron chi connectivity index (χ3n) is 5.57. The molecular formula is C30H46N2S2. The maximum absolute atomic E-state index is 4.91. The molecule has 0 aromatic heterocycles. The van der Waals surface area contributed by atoms with Crippen molar-refractivity contribution in [1.29, 1.82) is 0 Å². The monoisotopic (exact) mass is 498 g/mol. The number of fused-ring (bicyclic) bond motifs is 1. The summed E-state index contributed by atoms with van der Waals surface area (Å²) < 4.78 is 4.69. The summed E-state index contributed by atoms with van der Waals surface area (Å²) in [6.07, 6.45) is 40.2. The van der Waals surface area contributed by atoms with Crippen molar-refractivity contribution >= 4 is 24.6 Å². The fraction of sp³-hybridized carbons (Fsp3) is 0.533. The molecule has 0 saturated carbocycles. The highest BCUT2D eigenvalue weighted by atomic mass is 32.2. The third-order valence-corrected chi connectivity index (χ3v) is 6.75. The molecule has 188 valence electrons. The lowest BCUT2D eigenvalue weighted by atomic mass is 9.93. The Hall–Kier alpha value is -1.72. The van der Waals surface area contributed by atoms with Crippen molar-refractivity contribution in [3.63, 3.8) is 0 Å². The molecule has 0 fully saturated rings. The minimum Gasteiger partial charge on any atom is -0.329 e. The normalized spacial score (nSPS) is 17.3. The van der Waals surface area contributed by atoms with E-state index in [-0.39, 0.29) is 0 Å². The summed E-state index contributed by atoms with van der Waals surface area (Å²) in [6, 6.07) is 0.439.